The molecule has 0 spiro atoms. The van der Waals surface area contributed by atoms with E-state index in [1.807, 2.05) is 30.3 Å². The second-order valence-corrected chi connectivity index (χ2v) is 12.0. The quantitative estimate of drug-likeness (QED) is 0.208. The van der Waals surface area contributed by atoms with Gasteiger partial charge in [0.2, 0.25) is 0 Å². The standard InChI is InChI=1S/C41H35NO/c1-27-26-42-38(23-34(27)25-41(2,3)4)37-12-8-11-36-35-22-21-33(24-39(35)43-40(36)37)32-19-17-31(18-20-32)30-15-13-29(14-16-30)28-9-6-5-7-10-28/h5-24,26H,25H2,1-4H3/i1D3,25D2. The van der Waals surface area contributed by atoms with E-state index >= 15 is 0 Å². The third-order valence-electron chi connectivity index (χ3n) is 7.73. The molecular weight excluding hydrogens is 522 g/mol. The second-order valence-electron chi connectivity index (χ2n) is 12.0. The Hall–Kier alpha value is -4.95. The van der Waals surface area contributed by atoms with Crippen molar-refractivity contribution in [2.75, 3.05) is 0 Å². The zero-order chi connectivity index (χ0) is 33.8. The molecule has 5 aromatic carbocycles. The average Bonchev–Trinajstić information content (AvgIpc) is 3.46. The Balaban J connectivity index is 1.24. The maximum Gasteiger partial charge on any atom is 0.144 e. The van der Waals surface area contributed by atoms with Gasteiger partial charge in [0, 0.05) is 29.4 Å². The molecule has 2 aromatic heterocycles. The molecule has 0 fully saturated rings. The maximum atomic E-state index is 8.92. The van der Waals surface area contributed by atoms with E-state index in [9.17, 15) is 0 Å². The molecule has 210 valence electrons. The van der Waals surface area contributed by atoms with Gasteiger partial charge >= 0.3 is 0 Å². The molecule has 0 bridgehead atoms. The maximum absolute atomic E-state index is 8.92. The molecule has 7 rings (SSSR count). The van der Waals surface area contributed by atoms with E-state index in [0.717, 1.165) is 38.6 Å². The predicted octanol–water partition coefficient (Wildman–Crippen LogP) is 11.5. The number of furan rings is 1. The number of aryl methyl sites for hydroxylation is 1. The van der Waals surface area contributed by atoms with Crippen molar-refractivity contribution in [2.24, 2.45) is 5.41 Å². The van der Waals surface area contributed by atoms with Crippen molar-refractivity contribution in [1.82, 2.24) is 4.98 Å². The minimum absolute atomic E-state index is 0.0807. The Kier molecular flexibility index (Phi) is 5.41. The lowest BCUT2D eigenvalue weighted by Crippen LogP contribution is -2.10. The van der Waals surface area contributed by atoms with Crippen LogP contribution in [0.5, 0.6) is 0 Å². The van der Waals surface area contributed by atoms with Crippen LogP contribution >= 0.6 is 0 Å². The number of rotatable bonds is 5. The molecule has 2 nitrogen and oxygen atoms in total. The molecule has 0 saturated heterocycles. The summed E-state index contributed by atoms with van der Waals surface area (Å²) in [6.07, 6.45) is -0.631. The van der Waals surface area contributed by atoms with E-state index in [1.54, 1.807) is 26.8 Å². The van der Waals surface area contributed by atoms with Crippen LogP contribution in [0.2, 0.25) is 0 Å². The molecule has 0 aliphatic heterocycles. The normalized spacial score (nSPS) is 14.2. The summed E-state index contributed by atoms with van der Waals surface area (Å²) in [5.74, 6) is 0. The number of pyridine rings is 1. The summed E-state index contributed by atoms with van der Waals surface area (Å²) in [6, 6.07) is 41.1. The largest absolute Gasteiger partial charge is 0.455 e. The smallest absolute Gasteiger partial charge is 0.144 e. The lowest BCUT2D eigenvalue weighted by Gasteiger charge is -2.20. The van der Waals surface area contributed by atoms with Crippen molar-refractivity contribution >= 4 is 21.9 Å². The number of fused-ring (bicyclic) bond motifs is 3. The summed E-state index contributed by atoms with van der Waals surface area (Å²) in [5.41, 5.74) is 8.44. The van der Waals surface area contributed by atoms with Crippen LogP contribution in [0.4, 0.5) is 0 Å². The Labute approximate surface area is 260 Å². The van der Waals surface area contributed by atoms with Crippen LogP contribution < -0.4 is 0 Å². The van der Waals surface area contributed by atoms with E-state index in [2.05, 4.69) is 89.9 Å². The summed E-state index contributed by atoms with van der Waals surface area (Å²) in [5, 5.41) is 1.86. The second kappa shape index (κ2) is 10.7. The lowest BCUT2D eigenvalue weighted by molar-refractivity contribution is 0.410. The van der Waals surface area contributed by atoms with Gasteiger partial charge in [-0.2, -0.15) is 0 Å². The Morgan fingerprint density at radius 1 is 0.651 bits per heavy atom. The molecule has 0 amide bonds. The molecule has 2 heterocycles. The van der Waals surface area contributed by atoms with Crippen molar-refractivity contribution in [3.05, 3.63) is 139 Å². The lowest BCUT2D eigenvalue weighted by atomic mass is 9.86. The fraction of sp³-hybridized carbons (Fsp3) is 0.146. The summed E-state index contributed by atoms with van der Waals surface area (Å²) in [7, 11) is 0. The van der Waals surface area contributed by atoms with Gasteiger partial charge in [0.25, 0.3) is 0 Å². The number of aromatic nitrogens is 1. The highest BCUT2D eigenvalue weighted by molar-refractivity contribution is 6.10. The topological polar surface area (TPSA) is 26.0 Å². The highest BCUT2D eigenvalue weighted by Crippen LogP contribution is 2.38. The Morgan fingerprint density at radius 3 is 1.88 bits per heavy atom. The van der Waals surface area contributed by atoms with Gasteiger partial charge in [-0.05, 0) is 87.4 Å². The van der Waals surface area contributed by atoms with Crippen molar-refractivity contribution in [3.8, 4) is 44.6 Å². The highest BCUT2D eigenvalue weighted by atomic mass is 16.3. The van der Waals surface area contributed by atoms with Crippen LogP contribution in [0.1, 0.15) is 38.8 Å². The van der Waals surface area contributed by atoms with Crippen LogP contribution in [0.25, 0.3) is 66.6 Å². The molecule has 0 atom stereocenters. The Morgan fingerprint density at radius 2 is 1.26 bits per heavy atom. The minimum atomic E-state index is -2.51. The average molecular weight is 563 g/mol. The van der Waals surface area contributed by atoms with Crippen LogP contribution in [-0.2, 0) is 6.37 Å². The van der Waals surface area contributed by atoms with Crippen molar-refractivity contribution in [1.29, 1.82) is 0 Å². The van der Waals surface area contributed by atoms with E-state index in [0.29, 0.717) is 16.8 Å². The summed E-state index contributed by atoms with van der Waals surface area (Å²) in [4.78, 5) is 4.52. The summed E-state index contributed by atoms with van der Waals surface area (Å²) < 4.78 is 48.5. The van der Waals surface area contributed by atoms with Gasteiger partial charge in [-0.1, -0.05) is 118 Å². The molecule has 0 saturated carbocycles. The molecule has 2 heteroatoms. The van der Waals surface area contributed by atoms with E-state index in [1.165, 1.54) is 17.3 Å². The molecule has 43 heavy (non-hydrogen) atoms. The monoisotopic (exact) mass is 562 g/mol. The fourth-order valence-corrected chi connectivity index (χ4v) is 5.63. The molecule has 0 radical (unpaired) electrons. The fourth-order valence-electron chi connectivity index (χ4n) is 5.63. The summed E-state index contributed by atoms with van der Waals surface area (Å²) >= 11 is 0. The van der Waals surface area contributed by atoms with Gasteiger partial charge in [0.15, 0.2) is 0 Å². The first-order chi connectivity index (χ1) is 22.8. The van der Waals surface area contributed by atoms with E-state index in [-0.39, 0.29) is 11.1 Å². The molecular formula is C41H35NO. The van der Waals surface area contributed by atoms with Crippen molar-refractivity contribution < 1.29 is 11.3 Å². The number of benzene rings is 5. The van der Waals surface area contributed by atoms with Gasteiger partial charge in [-0.25, -0.2) is 0 Å². The summed E-state index contributed by atoms with van der Waals surface area (Å²) in [6.45, 7) is 2.80. The van der Waals surface area contributed by atoms with Crippen LogP contribution in [-0.4, -0.2) is 4.98 Å². The van der Waals surface area contributed by atoms with Gasteiger partial charge in [0.1, 0.15) is 11.2 Å². The van der Waals surface area contributed by atoms with Gasteiger partial charge in [-0.3, -0.25) is 4.98 Å². The minimum Gasteiger partial charge on any atom is -0.455 e. The molecule has 0 aliphatic rings. The first kappa shape index (κ1) is 21.7. The number of hydrogen-bond acceptors (Lipinski definition) is 2. The number of para-hydroxylation sites is 1. The molecule has 0 N–H and O–H groups in total. The van der Waals surface area contributed by atoms with Crippen molar-refractivity contribution in [2.45, 2.75) is 34.0 Å². The van der Waals surface area contributed by atoms with Gasteiger partial charge in [0.05, 0.1) is 5.69 Å². The third-order valence-corrected chi connectivity index (χ3v) is 7.73. The van der Waals surface area contributed by atoms with Crippen molar-refractivity contribution in [3.63, 3.8) is 0 Å². The first-order valence-electron chi connectivity index (χ1n) is 17.0. The highest BCUT2D eigenvalue weighted by Gasteiger charge is 2.17. The van der Waals surface area contributed by atoms with Gasteiger partial charge in [-0.15, -0.1) is 0 Å². The first-order valence-corrected chi connectivity index (χ1v) is 14.5. The third kappa shape index (κ3) is 5.37. The molecule has 0 aliphatic carbocycles. The zero-order valence-electron chi connectivity index (χ0n) is 29.5. The Bertz CT molecular complexity index is 2260. The van der Waals surface area contributed by atoms with Crippen LogP contribution in [0.3, 0.4) is 0 Å². The van der Waals surface area contributed by atoms with E-state index < -0.39 is 18.6 Å². The van der Waals surface area contributed by atoms with Crippen LogP contribution in [0.15, 0.2) is 132 Å². The number of hydrogen-bond donors (Lipinski definition) is 0. The SMILES string of the molecule is [2H]C([2H])([2H])c1cnc(-c2cccc3c2oc2cc(-c4ccc(-c5ccc(-c6ccccc6)cc5)cc4)ccc23)cc1C([2H])([2H])C(C)(C)C. The predicted molar refractivity (Wildman–Crippen MR) is 181 cm³/mol. The van der Waals surface area contributed by atoms with E-state index in [4.69, 9.17) is 11.3 Å². The van der Waals surface area contributed by atoms with Crippen LogP contribution in [0, 0.1) is 12.3 Å². The zero-order valence-corrected chi connectivity index (χ0v) is 24.5. The number of nitrogens with zero attached hydrogens (tertiary/aromatic N) is 1. The molecule has 0 unspecified atom stereocenters. The van der Waals surface area contributed by atoms with Gasteiger partial charge < -0.3 is 4.42 Å². The molecule has 7 aromatic rings.